The second kappa shape index (κ2) is 7.63. The molecule has 0 saturated heterocycles. The number of benzene rings is 3. The first-order valence-electron chi connectivity index (χ1n) is 7.63. The van der Waals surface area contributed by atoms with Crippen LogP contribution in [0.5, 0.6) is 0 Å². The molecule has 0 spiro atoms. The van der Waals surface area contributed by atoms with Crippen LogP contribution in [0.1, 0.15) is 0 Å². The smallest absolute Gasteiger partial charge is 0.323 e. The Bertz CT molecular complexity index is 899. The normalized spacial score (nSPS) is 11.5. The van der Waals surface area contributed by atoms with Gasteiger partial charge in [-0.05, 0) is 42.5 Å². The summed E-state index contributed by atoms with van der Waals surface area (Å²) in [6.07, 6.45) is 0. The van der Waals surface area contributed by atoms with Crippen LogP contribution in [-0.2, 0) is 10.8 Å². The summed E-state index contributed by atoms with van der Waals surface area (Å²) in [5, 5.41) is 5.41. The fourth-order valence-corrected chi connectivity index (χ4v) is 3.36. The lowest BCUT2D eigenvalue weighted by atomic mass is 10.2. The van der Waals surface area contributed by atoms with E-state index in [-0.39, 0.29) is 0 Å². The van der Waals surface area contributed by atoms with Crippen LogP contribution in [0.4, 0.5) is 21.9 Å². The van der Waals surface area contributed by atoms with Crippen LogP contribution in [0.3, 0.4) is 0 Å². The zero-order valence-electron chi connectivity index (χ0n) is 13.3. The molecule has 6 heteroatoms. The number of nitrogens with two attached hydrogens (primary N) is 1. The highest BCUT2D eigenvalue weighted by Crippen LogP contribution is 2.24. The molecule has 0 radical (unpaired) electrons. The van der Waals surface area contributed by atoms with Gasteiger partial charge in [0.05, 0.1) is 22.2 Å². The molecule has 0 aliphatic heterocycles. The molecule has 25 heavy (non-hydrogen) atoms. The number of nitrogen functional groups attached to an aromatic ring is 1. The van der Waals surface area contributed by atoms with E-state index in [9.17, 15) is 9.00 Å². The van der Waals surface area contributed by atoms with Gasteiger partial charge in [0, 0.05) is 15.5 Å². The van der Waals surface area contributed by atoms with E-state index in [4.69, 9.17) is 5.73 Å². The minimum Gasteiger partial charge on any atom is -0.397 e. The van der Waals surface area contributed by atoms with Crippen molar-refractivity contribution in [1.29, 1.82) is 0 Å². The summed E-state index contributed by atoms with van der Waals surface area (Å²) in [5.41, 5.74) is 7.50. The van der Waals surface area contributed by atoms with Crippen LogP contribution in [-0.4, -0.2) is 10.2 Å². The van der Waals surface area contributed by atoms with Gasteiger partial charge < -0.3 is 16.4 Å². The Morgan fingerprint density at radius 2 is 1.44 bits per heavy atom. The molecule has 0 aromatic heterocycles. The summed E-state index contributed by atoms with van der Waals surface area (Å²) < 4.78 is 12.5. The largest absolute Gasteiger partial charge is 0.397 e. The summed E-state index contributed by atoms with van der Waals surface area (Å²) in [7, 11) is -1.32. The number of urea groups is 1. The van der Waals surface area contributed by atoms with E-state index >= 15 is 0 Å². The molecule has 0 aliphatic rings. The van der Waals surface area contributed by atoms with Gasteiger partial charge in [-0.2, -0.15) is 0 Å². The molecular formula is C19H17N3O2S. The van der Waals surface area contributed by atoms with Gasteiger partial charge in [-0.1, -0.05) is 36.4 Å². The molecule has 1 atom stereocenters. The van der Waals surface area contributed by atoms with Crippen molar-refractivity contribution >= 4 is 33.9 Å². The Hall–Kier alpha value is -3.12. The molecule has 0 bridgehead atoms. The number of para-hydroxylation sites is 1. The zero-order valence-corrected chi connectivity index (χ0v) is 14.1. The standard InChI is InChI=1S/C19H17N3O2S/c20-17-13-16(25(24)15-9-5-2-6-10-15)11-12-18(17)22-19(23)21-14-7-3-1-4-8-14/h1-13H,20H2,(H2,21,22,23). The van der Waals surface area contributed by atoms with Crippen molar-refractivity contribution in [2.75, 3.05) is 16.4 Å². The summed E-state index contributed by atoms with van der Waals surface area (Å²) in [4.78, 5) is 13.3. The minimum absolute atomic E-state index is 0.352. The summed E-state index contributed by atoms with van der Waals surface area (Å²) >= 11 is 0. The fraction of sp³-hybridized carbons (Fsp3) is 0. The number of amides is 2. The summed E-state index contributed by atoms with van der Waals surface area (Å²) in [6.45, 7) is 0. The van der Waals surface area contributed by atoms with Gasteiger partial charge in [0.25, 0.3) is 0 Å². The van der Waals surface area contributed by atoms with E-state index in [2.05, 4.69) is 10.6 Å². The predicted molar refractivity (Wildman–Crippen MR) is 101 cm³/mol. The van der Waals surface area contributed by atoms with E-state index in [1.54, 1.807) is 42.5 Å². The highest BCUT2D eigenvalue weighted by atomic mass is 32.2. The average molecular weight is 351 g/mol. The Kier molecular flexibility index (Phi) is 5.11. The third-order valence-electron chi connectivity index (χ3n) is 3.47. The number of hydrogen-bond donors (Lipinski definition) is 3. The number of carbonyl (C=O) groups is 1. The van der Waals surface area contributed by atoms with Gasteiger partial charge in [-0.25, -0.2) is 9.00 Å². The third kappa shape index (κ3) is 4.24. The van der Waals surface area contributed by atoms with E-state index in [1.807, 2.05) is 36.4 Å². The van der Waals surface area contributed by atoms with Gasteiger partial charge in [0.2, 0.25) is 0 Å². The lowest BCUT2D eigenvalue weighted by Crippen LogP contribution is -2.20. The van der Waals surface area contributed by atoms with Gasteiger partial charge in [0.1, 0.15) is 0 Å². The molecule has 3 aromatic rings. The van der Waals surface area contributed by atoms with Gasteiger partial charge >= 0.3 is 6.03 Å². The molecule has 0 aliphatic carbocycles. The zero-order chi connectivity index (χ0) is 17.6. The molecule has 3 aromatic carbocycles. The maximum Gasteiger partial charge on any atom is 0.323 e. The van der Waals surface area contributed by atoms with Crippen molar-refractivity contribution < 1.29 is 9.00 Å². The molecule has 2 amide bonds. The van der Waals surface area contributed by atoms with E-state index in [0.29, 0.717) is 26.9 Å². The van der Waals surface area contributed by atoms with Crippen molar-refractivity contribution in [2.24, 2.45) is 0 Å². The Morgan fingerprint density at radius 3 is 2.08 bits per heavy atom. The van der Waals surface area contributed by atoms with Crippen LogP contribution in [0.2, 0.25) is 0 Å². The molecule has 126 valence electrons. The van der Waals surface area contributed by atoms with Crippen LogP contribution < -0.4 is 16.4 Å². The quantitative estimate of drug-likeness (QED) is 0.619. The second-order valence-corrected chi connectivity index (χ2v) is 6.76. The van der Waals surface area contributed by atoms with Gasteiger partial charge in [-0.15, -0.1) is 0 Å². The molecular weight excluding hydrogens is 334 g/mol. The lowest BCUT2D eigenvalue weighted by Gasteiger charge is -2.11. The van der Waals surface area contributed by atoms with E-state index in [1.165, 1.54) is 0 Å². The van der Waals surface area contributed by atoms with Crippen LogP contribution in [0, 0.1) is 0 Å². The first-order chi connectivity index (χ1) is 12.1. The highest BCUT2D eigenvalue weighted by Gasteiger charge is 2.11. The van der Waals surface area contributed by atoms with Crippen molar-refractivity contribution in [1.82, 2.24) is 0 Å². The Labute approximate surface area is 148 Å². The topological polar surface area (TPSA) is 84.2 Å². The van der Waals surface area contributed by atoms with E-state index in [0.717, 1.165) is 0 Å². The van der Waals surface area contributed by atoms with Crippen molar-refractivity contribution in [3.05, 3.63) is 78.9 Å². The van der Waals surface area contributed by atoms with E-state index < -0.39 is 16.8 Å². The Morgan fingerprint density at radius 1 is 0.800 bits per heavy atom. The molecule has 0 saturated carbocycles. The number of anilines is 3. The summed E-state index contributed by atoms with van der Waals surface area (Å²) in [6, 6.07) is 22.8. The second-order valence-electron chi connectivity index (χ2n) is 5.28. The maximum absolute atomic E-state index is 12.5. The SMILES string of the molecule is Nc1cc(S(=O)c2ccccc2)ccc1NC(=O)Nc1ccccc1. The predicted octanol–water partition coefficient (Wildman–Crippen LogP) is 4.08. The van der Waals surface area contributed by atoms with Crippen molar-refractivity contribution in [3.8, 4) is 0 Å². The van der Waals surface area contributed by atoms with Crippen molar-refractivity contribution in [3.63, 3.8) is 0 Å². The van der Waals surface area contributed by atoms with Crippen molar-refractivity contribution in [2.45, 2.75) is 9.79 Å². The van der Waals surface area contributed by atoms with Gasteiger partial charge in [0.15, 0.2) is 0 Å². The molecule has 1 unspecified atom stereocenters. The number of rotatable bonds is 4. The van der Waals surface area contributed by atoms with Crippen LogP contribution in [0.25, 0.3) is 0 Å². The molecule has 0 heterocycles. The Balaban J connectivity index is 1.72. The molecule has 0 fully saturated rings. The third-order valence-corrected chi connectivity index (χ3v) is 4.86. The molecule has 4 N–H and O–H groups in total. The van der Waals surface area contributed by atoms with Gasteiger partial charge in [-0.3, -0.25) is 0 Å². The lowest BCUT2D eigenvalue weighted by molar-refractivity contribution is 0.262. The van der Waals surface area contributed by atoms with Crippen LogP contribution >= 0.6 is 0 Å². The van der Waals surface area contributed by atoms with Crippen LogP contribution in [0.15, 0.2) is 88.7 Å². The average Bonchev–Trinajstić information content (AvgIpc) is 2.64. The number of carbonyl (C=O) groups excluding carboxylic acids is 1. The molecule has 3 rings (SSSR count). The summed E-state index contributed by atoms with van der Waals surface area (Å²) in [5.74, 6) is 0. The fourth-order valence-electron chi connectivity index (χ4n) is 2.26. The maximum atomic E-state index is 12.5. The number of nitrogens with one attached hydrogen (secondary N) is 2. The first kappa shape index (κ1) is 16.7. The molecule has 5 nitrogen and oxygen atoms in total. The number of hydrogen-bond acceptors (Lipinski definition) is 3. The highest BCUT2D eigenvalue weighted by molar-refractivity contribution is 7.85. The first-order valence-corrected chi connectivity index (χ1v) is 8.78. The minimum atomic E-state index is -1.32. The monoisotopic (exact) mass is 351 g/mol.